The average Bonchev–Trinajstić information content (AvgIpc) is 3.02. The number of carbonyl (C=O) groups excluding carboxylic acids is 1. The van der Waals surface area contributed by atoms with Crippen LogP contribution in [0.1, 0.15) is 19.4 Å². The van der Waals surface area contributed by atoms with Gasteiger partial charge in [-0.05, 0) is 32.4 Å². The van der Waals surface area contributed by atoms with E-state index in [0.717, 1.165) is 17.1 Å². The van der Waals surface area contributed by atoms with E-state index >= 15 is 0 Å². The van der Waals surface area contributed by atoms with E-state index in [-0.39, 0.29) is 9.92 Å². The minimum atomic E-state index is -4.38. The van der Waals surface area contributed by atoms with Crippen molar-refractivity contribution in [1.82, 2.24) is 14.7 Å². The number of halogens is 1. The van der Waals surface area contributed by atoms with Crippen LogP contribution in [-0.4, -0.2) is 56.9 Å². The van der Waals surface area contributed by atoms with Gasteiger partial charge in [0, 0.05) is 19.3 Å². The van der Waals surface area contributed by atoms with E-state index in [1.165, 1.54) is 24.0 Å². The number of sulfone groups is 2. The summed E-state index contributed by atoms with van der Waals surface area (Å²) < 4.78 is 51.4. The number of amides is 1. The SMILES string of the molecule is CCN(CC)C(=O)n1cc(S(C)(=O)=O)c(S(=O)(=O)c2c(C)cccc2Cl)n1. The van der Waals surface area contributed by atoms with Gasteiger partial charge in [-0.3, -0.25) is 0 Å². The Morgan fingerprint density at radius 2 is 1.78 bits per heavy atom. The molecular formula is C16H20ClN3O5S2. The van der Waals surface area contributed by atoms with E-state index in [0.29, 0.717) is 18.7 Å². The molecule has 8 nitrogen and oxygen atoms in total. The number of aromatic nitrogens is 2. The molecule has 0 aliphatic heterocycles. The summed E-state index contributed by atoms with van der Waals surface area (Å²) in [5, 5.41) is 3.05. The highest BCUT2D eigenvalue weighted by Gasteiger charge is 2.34. The molecule has 1 aromatic heterocycles. The van der Waals surface area contributed by atoms with Crippen LogP contribution in [0.25, 0.3) is 0 Å². The molecule has 2 aromatic rings. The third-order valence-electron chi connectivity index (χ3n) is 3.97. The number of rotatable bonds is 5. The highest BCUT2D eigenvalue weighted by Crippen LogP contribution is 2.32. The van der Waals surface area contributed by atoms with E-state index in [1.807, 2.05) is 0 Å². The van der Waals surface area contributed by atoms with E-state index in [1.54, 1.807) is 19.9 Å². The Morgan fingerprint density at radius 1 is 1.19 bits per heavy atom. The Morgan fingerprint density at radius 3 is 2.26 bits per heavy atom. The van der Waals surface area contributed by atoms with Gasteiger partial charge in [0.25, 0.3) is 0 Å². The predicted octanol–water partition coefficient (Wildman–Crippen LogP) is 2.39. The number of carbonyl (C=O) groups is 1. The summed E-state index contributed by atoms with van der Waals surface area (Å²) in [4.78, 5) is 13.1. The maximum absolute atomic E-state index is 13.1. The number of hydrogen-bond donors (Lipinski definition) is 0. The minimum absolute atomic E-state index is 0.0564. The average molecular weight is 434 g/mol. The molecule has 0 radical (unpaired) electrons. The third kappa shape index (κ3) is 4.02. The molecule has 0 atom stereocenters. The van der Waals surface area contributed by atoms with Crippen molar-refractivity contribution in [2.75, 3.05) is 19.3 Å². The van der Waals surface area contributed by atoms with Gasteiger partial charge in [0.15, 0.2) is 9.84 Å². The van der Waals surface area contributed by atoms with Gasteiger partial charge in [0.2, 0.25) is 14.9 Å². The Bertz CT molecular complexity index is 1070. The van der Waals surface area contributed by atoms with Crippen molar-refractivity contribution in [3.05, 3.63) is 35.0 Å². The minimum Gasteiger partial charge on any atom is -0.323 e. The van der Waals surface area contributed by atoms with Gasteiger partial charge in [-0.25, -0.2) is 21.6 Å². The van der Waals surface area contributed by atoms with Crippen molar-refractivity contribution in [3.63, 3.8) is 0 Å². The maximum atomic E-state index is 13.1. The molecule has 0 saturated carbocycles. The van der Waals surface area contributed by atoms with Gasteiger partial charge >= 0.3 is 6.03 Å². The van der Waals surface area contributed by atoms with Crippen LogP contribution >= 0.6 is 11.6 Å². The first-order chi connectivity index (χ1) is 12.4. The second-order valence-corrected chi connectivity index (χ2v) is 10.1. The van der Waals surface area contributed by atoms with Crippen LogP contribution in [0.4, 0.5) is 4.79 Å². The molecule has 148 valence electrons. The molecule has 0 unspecified atom stereocenters. The molecule has 0 aliphatic rings. The molecule has 0 spiro atoms. The molecule has 0 N–H and O–H groups in total. The summed E-state index contributed by atoms with van der Waals surface area (Å²) in [6, 6.07) is 3.88. The molecule has 27 heavy (non-hydrogen) atoms. The second kappa shape index (κ2) is 7.61. The van der Waals surface area contributed by atoms with Crippen molar-refractivity contribution in [3.8, 4) is 0 Å². The monoisotopic (exact) mass is 433 g/mol. The van der Waals surface area contributed by atoms with Crippen LogP contribution in [0.15, 0.2) is 39.2 Å². The highest BCUT2D eigenvalue weighted by molar-refractivity contribution is 7.94. The summed E-state index contributed by atoms with van der Waals surface area (Å²) in [7, 11) is -8.36. The predicted molar refractivity (Wildman–Crippen MR) is 101 cm³/mol. The number of nitrogens with zero attached hydrogens (tertiary/aromatic N) is 3. The Hall–Kier alpha value is -1.91. The summed E-state index contributed by atoms with van der Waals surface area (Å²) >= 11 is 6.06. The molecule has 1 aromatic carbocycles. The zero-order valence-electron chi connectivity index (χ0n) is 15.3. The molecule has 11 heteroatoms. The van der Waals surface area contributed by atoms with Crippen LogP contribution < -0.4 is 0 Å². The van der Waals surface area contributed by atoms with Crippen LogP contribution in [0.2, 0.25) is 5.02 Å². The first-order valence-corrected chi connectivity index (χ1v) is 11.8. The van der Waals surface area contributed by atoms with Crippen molar-refractivity contribution >= 4 is 37.3 Å². The van der Waals surface area contributed by atoms with E-state index in [4.69, 9.17) is 11.6 Å². The Labute approximate surface area is 163 Å². The normalized spacial score (nSPS) is 12.2. The molecule has 0 saturated heterocycles. The van der Waals surface area contributed by atoms with Crippen molar-refractivity contribution in [1.29, 1.82) is 0 Å². The van der Waals surface area contributed by atoms with Crippen LogP contribution in [0.5, 0.6) is 0 Å². The number of aryl methyl sites for hydroxylation is 1. The summed E-state index contributed by atoms with van der Waals surface area (Å²) in [6.45, 7) is 5.74. The van der Waals surface area contributed by atoms with Gasteiger partial charge in [0.05, 0.1) is 16.1 Å². The first kappa shape index (κ1) is 21.4. The Balaban J connectivity index is 2.78. The Kier molecular flexibility index (Phi) is 6.03. The second-order valence-electron chi connectivity index (χ2n) is 5.86. The summed E-state index contributed by atoms with van der Waals surface area (Å²) in [6.07, 6.45) is 1.78. The van der Waals surface area contributed by atoms with Crippen LogP contribution in [0.3, 0.4) is 0 Å². The van der Waals surface area contributed by atoms with Crippen molar-refractivity contribution < 1.29 is 21.6 Å². The van der Waals surface area contributed by atoms with Gasteiger partial charge in [-0.1, -0.05) is 23.7 Å². The van der Waals surface area contributed by atoms with E-state index in [2.05, 4.69) is 5.10 Å². The quantitative estimate of drug-likeness (QED) is 0.716. The number of hydrogen-bond acceptors (Lipinski definition) is 6. The molecular weight excluding hydrogens is 414 g/mol. The fourth-order valence-electron chi connectivity index (χ4n) is 2.57. The topological polar surface area (TPSA) is 106 Å². The smallest absolute Gasteiger partial charge is 0.323 e. The molecule has 1 heterocycles. The fraction of sp³-hybridized carbons (Fsp3) is 0.375. The van der Waals surface area contributed by atoms with E-state index in [9.17, 15) is 21.6 Å². The summed E-state index contributed by atoms with van der Waals surface area (Å²) in [5.74, 6) is 0. The molecule has 0 bridgehead atoms. The first-order valence-electron chi connectivity index (χ1n) is 8.04. The highest BCUT2D eigenvalue weighted by atomic mass is 35.5. The van der Waals surface area contributed by atoms with E-state index < -0.39 is 35.6 Å². The van der Waals surface area contributed by atoms with Gasteiger partial charge in [-0.2, -0.15) is 9.78 Å². The fourth-order valence-corrected chi connectivity index (χ4v) is 6.06. The van der Waals surface area contributed by atoms with Gasteiger partial charge in [0.1, 0.15) is 4.90 Å². The van der Waals surface area contributed by atoms with Crippen molar-refractivity contribution in [2.45, 2.75) is 35.6 Å². The lowest BCUT2D eigenvalue weighted by atomic mass is 10.2. The molecule has 0 fully saturated rings. The number of benzene rings is 1. The molecule has 2 rings (SSSR count). The lowest BCUT2D eigenvalue weighted by Gasteiger charge is -2.17. The largest absolute Gasteiger partial charge is 0.344 e. The zero-order chi connectivity index (χ0) is 20.6. The lowest BCUT2D eigenvalue weighted by molar-refractivity contribution is 0.201. The standard InChI is InChI=1S/C16H20ClN3O5S2/c1-5-19(6-2)16(21)20-10-13(26(4,22)23)15(18-20)27(24,25)14-11(3)8-7-9-12(14)17/h7-10H,5-6H2,1-4H3. The summed E-state index contributed by atoms with van der Waals surface area (Å²) in [5.41, 5.74) is 0.339. The molecule has 1 amide bonds. The lowest BCUT2D eigenvalue weighted by Crippen LogP contribution is -2.34. The van der Waals surface area contributed by atoms with Gasteiger partial charge < -0.3 is 4.90 Å². The van der Waals surface area contributed by atoms with Crippen LogP contribution in [0, 0.1) is 6.92 Å². The third-order valence-corrected chi connectivity index (χ3v) is 7.51. The van der Waals surface area contributed by atoms with Crippen LogP contribution in [-0.2, 0) is 19.7 Å². The molecule has 0 aliphatic carbocycles. The zero-order valence-corrected chi connectivity index (χ0v) is 17.7. The maximum Gasteiger partial charge on any atom is 0.344 e. The van der Waals surface area contributed by atoms with Crippen molar-refractivity contribution in [2.24, 2.45) is 0 Å². The van der Waals surface area contributed by atoms with Gasteiger partial charge in [-0.15, -0.1) is 0 Å².